The molecule has 0 bridgehead atoms. The van der Waals surface area contributed by atoms with Gasteiger partial charge in [0.15, 0.2) is 11.5 Å². The molecule has 2 aromatic rings. The van der Waals surface area contributed by atoms with Crippen LogP contribution in [-0.4, -0.2) is 74.7 Å². The number of halogens is 3. The molecule has 1 unspecified atom stereocenters. The van der Waals surface area contributed by atoms with E-state index in [4.69, 9.17) is 9.47 Å². The number of carbonyl (C=O) groups is 2. The highest BCUT2D eigenvalue weighted by atomic mass is 19.4. The lowest BCUT2D eigenvalue weighted by Gasteiger charge is -2.37. The van der Waals surface area contributed by atoms with Gasteiger partial charge in [0.05, 0.1) is 43.6 Å². The normalized spacial score (nSPS) is 17.4. The van der Waals surface area contributed by atoms with Crippen LogP contribution in [0.5, 0.6) is 11.5 Å². The third kappa shape index (κ3) is 5.00. The van der Waals surface area contributed by atoms with E-state index in [1.165, 1.54) is 24.0 Å². The van der Waals surface area contributed by atoms with E-state index in [2.05, 4.69) is 6.92 Å². The summed E-state index contributed by atoms with van der Waals surface area (Å²) < 4.78 is 49.1. The van der Waals surface area contributed by atoms with Gasteiger partial charge in [0, 0.05) is 26.2 Å². The van der Waals surface area contributed by atoms with Crippen molar-refractivity contribution in [3.8, 4) is 11.5 Å². The monoisotopic (exact) mass is 504 g/mol. The molecule has 2 amide bonds. The van der Waals surface area contributed by atoms with Crippen LogP contribution in [0.1, 0.15) is 45.2 Å². The quantitative estimate of drug-likeness (QED) is 0.499. The van der Waals surface area contributed by atoms with E-state index in [1.54, 1.807) is 36.4 Å². The highest BCUT2D eigenvalue weighted by Gasteiger charge is 2.43. The molecule has 36 heavy (non-hydrogen) atoms. The SMILES string of the molecule is [CH2]CCC(c1ccc(OC)c(OC)c1)N1C(=O)c2cccc(N3CCN(CC(F)(F)F)CC3)c2C1=O. The van der Waals surface area contributed by atoms with Gasteiger partial charge in [-0.05, 0) is 36.2 Å². The van der Waals surface area contributed by atoms with E-state index in [-0.39, 0.29) is 13.1 Å². The molecule has 10 heteroatoms. The van der Waals surface area contributed by atoms with E-state index < -0.39 is 30.6 Å². The van der Waals surface area contributed by atoms with Crippen LogP contribution in [0.15, 0.2) is 36.4 Å². The highest BCUT2D eigenvalue weighted by molar-refractivity contribution is 6.24. The van der Waals surface area contributed by atoms with E-state index >= 15 is 0 Å². The van der Waals surface area contributed by atoms with Crippen molar-refractivity contribution in [1.29, 1.82) is 0 Å². The summed E-state index contributed by atoms with van der Waals surface area (Å²) in [6.07, 6.45) is -3.32. The Kier molecular flexibility index (Phi) is 7.44. The van der Waals surface area contributed by atoms with Gasteiger partial charge in [0.2, 0.25) is 0 Å². The summed E-state index contributed by atoms with van der Waals surface area (Å²) in [6, 6.07) is 9.79. The third-order valence-electron chi connectivity index (χ3n) is 6.62. The number of hydrogen-bond donors (Lipinski definition) is 0. The molecule has 2 heterocycles. The maximum atomic E-state index is 13.7. The number of alkyl halides is 3. The number of nitrogens with zero attached hydrogens (tertiary/aromatic N) is 3. The van der Waals surface area contributed by atoms with Crippen LogP contribution in [0, 0.1) is 6.92 Å². The number of methoxy groups -OCH3 is 2. The fraction of sp³-hybridized carbons (Fsp3) is 0.423. The van der Waals surface area contributed by atoms with Gasteiger partial charge in [0.1, 0.15) is 0 Å². The summed E-state index contributed by atoms with van der Waals surface area (Å²) in [5.41, 5.74) is 1.87. The van der Waals surface area contributed by atoms with Crippen molar-refractivity contribution < 1.29 is 32.2 Å². The van der Waals surface area contributed by atoms with Crippen molar-refractivity contribution >= 4 is 17.5 Å². The maximum Gasteiger partial charge on any atom is 0.401 e. The van der Waals surface area contributed by atoms with Gasteiger partial charge in [-0.3, -0.25) is 19.4 Å². The number of carbonyl (C=O) groups excluding carboxylic acids is 2. The van der Waals surface area contributed by atoms with Crippen LogP contribution in [0.3, 0.4) is 0 Å². The topological polar surface area (TPSA) is 62.3 Å². The van der Waals surface area contributed by atoms with Crippen molar-refractivity contribution in [1.82, 2.24) is 9.80 Å². The van der Waals surface area contributed by atoms with Gasteiger partial charge in [-0.25, -0.2) is 0 Å². The zero-order valence-corrected chi connectivity index (χ0v) is 20.3. The average Bonchev–Trinajstić information content (AvgIpc) is 3.11. The largest absolute Gasteiger partial charge is 0.493 e. The Bertz CT molecular complexity index is 1130. The second kappa shape index (κ2) is 10.4. The molecule has 1 saturated heterocycles. The Balaban J connectivity index is 1.63. The van der Waals surface area contributed by atoms with Gasteiger partial charge in [-0.2, -0.15) is 13.2 Å². The average molecular weight is 505 g/mol. The molecule has 0 aromatic heterocycles. The molecular formula is C26H29F3N3O4. The number of hydrogen-bond acceptors (Lipinski definition) is 6. The highest BCUT2D eigenvalue weighted by Crippen LogP contribution is 2.40. The third-order valence-corrected chi connectivity index (χ3v) is 6.62. The van der Waals surface area contributed by atoms with Crippen LogP contribution >= 0.6 is 0 Å². The van der Waals surface area contributed by atoms with Crippen molar-refractivity contribution in [2.75, 3.05) is 51.8 Å². The summed E-state index contributed by atoms with van der Waals surface area (Å²) in [5.74, 6) is 0.194. The molecule has 4 rings (SSSR count). The molecule has 193 valence electrons. The molecule has 1 radical (unpaired) electrons. The van der Waals surface area contributed by atoms with E-state index in [0.717, 1.165) is 0 Å². The smallest absolute Gasteiger partial charge is 0.401 e. The second-order valence-electron chi connectivity index (χ2n) is 8.83. The van der Waals surface area contributed by atoms with Crippen molar-refractivity contribution in [2.45, 2.75) is 25.1 Å². The van der Waals surface area contributed by atoms with E-state index in [9.17, 15) is 22.8 Å². The maximum absolute atomic E-state index is 13.7. The summed E-state index contributed by atoms with van der Waals surface area (Å²) in [4.78, 5) is 31.7. The number of imide groups is 1. The minimum Gasteiger partial charge on any atom is -0.493 e. The first kappa shape index (κ1) is 25.8. The van der Waals surface area contributed by atoms with Crippen LogP contribution in [0.4, 0.5) is 18.9 Å². The summed E-state index contributed by atoms with van der Waals surface area (Å²) in [7, 11) is 3.04. The lowest BCUT2D eigenvalue weighted by molar-refractivity contribution is -0.146. The summed E-state index contributed by atoms with van der Waals surface area (Å²) in [5, 5.41) is 0. The van der Waals surface area contributed by atoms with Crippen LogP contribution in [0.25, 0.3) is 0 Å². The molecule has 2 aliphatic heterocycles. The van der Waals surface area contributed by atoms with Crippen LogP contribution in [-0.2, 0) is 0 Å². The molecule has 0 saturated carbocycles. The molecule has 7 nitrogen and oxygen atoms in total. The second-order valence-corrected chi connectivity index (χ2v) is 8.83. The minimum atomic E-state index is -4.26. The van der Waals surface area contributed by atoms with Crippen molar-refractivity contribution in [3.63, 3.8) is 0 Å². The zero-order chi connectivity index (χ0) is 26.0. The standard InChI is InChI=1S/C26H29F3N3O4/c1-4-6-19(17-9-10-21(35-2)22(15-17)36-3)32-24(33)18-7-5-8-20(23(18)25(32)34)31-13-11-30(12-14-31)16-26(27,28)29/h5,7-10,15,19H,1,4,6,11-14,16H2,2-3H3. The van der Waals surface area contributed by atoms with E-state index in [0.29, 0.717) is 59.8 Å². The molecule has 0 aliphatic carbocycles. The van der Waals surface area contributed by atoms with Crippen LogP contribution < -0.4 is 14.4 Å². The number of amides is 2. The Morgan fingerprint density at radius 3 is 2.28 bits per heavy atom. The predicted octanol–water partition coefficient (Wildman–Crippen LogP) is 4.34. The number of piperazine rings is 1. The van der Waals surface area contributed by atoms with Gasteiger partial charge < -0.3 is 14.4 Å². The molecular weight excluding hydrogens is 475 g/mol. The van der Waals surface area contributed by atoms with Gasteiger partial charge >= 0.3 is 6.18 Å². The first-order valence-corrected chi connectivity index (χ1v) is 11.7. The number of benzene rings is 2. The lowest BCUT2D eigenvalue weighted by atomic mass is 10.00. The number of fused-ring (bicyclic) bond motifs is 1. The lowest BCUT2D eigenvalue weighted by Crippen LogP contribution is -2.49. The summed E-state index contributed by atoms with van der Waals surface area (Å²) in [6.45, 7) is 4.04. The molecule has 0 spiro atoms. The first-order valence-electron chi connectivity index (χ1n) is 11.7. The molecule has 1 fully saturated rings. The van der Waals surface area contributed by atoms with Gasteiger partial charge in [-0.15, -0.1) is 0 Å². The molecule has 2 aliphatic rings. The summed E-state index contributed by atoms with van der Waals surface area (Å²) >= 11 is 0. The Hall–Kier alpha value is -3.27. The fourth-order valence-corrected chi connectivity index (χ4v) is 4.93. The Morgan fingerprint density at radius 2 is 1.67 bits per heavy atom. The molecule has 2 aromatic carbocycles. The van der Waals surface area contributed by atoms with Crippen molar-refractivity contribution in [3.05, 3.63) is 60.0 Å². The number of ether oxygens (including phenoxy) is 2. The predicted molar refractivity (Wildman–Crippen MR) is 129 cm³/mol. The Labute approximate surface area is 208 Å². The number of anilines is 1. The first-order chi connectivity index (χ1) is 17.2. The molecule has 1 atom stereocenters. The number of rotatable bonds is 8. The van der Waals surface area contributed by atoms with Gasteiger partial charge in [-0.1, -0.05) is 25.5 Å². The molecule has 0 N–H and O–H groups in total. The van der Waals surface area contributed by atoms with E-state index in [1.807, 2.05) is 4.90 Å². The van der Waals surface area contributed by atoms with Crippen LogP contribution in [0.2, 0.25) is 0 Å². The van der Waals surface area contributed by atoms with Crippen molar-refractivity contribution in [2.24, 2.45) is 0 Å². The fourth-order valence-electron chi connectivity index (χ4n) is 4.93. The zero-order valence-electron chi connectivity index (χ0n) is 20.3. The minimum absolute atomic E-state index is 0.213. The van der Waals surface area contributed by atoms with Gasteiger partial charge in [0.25, 0.3) is 11.8 Å². The Morgan fingerprint density at radius 1 is 0.972 bits per heavy atom.